The molecule has 0 bridgehead atoms. The van der Waals surface area contributed by atoms with Gasteiger partial charge in [-0.1, -0.05) is 24.3 Å². The van der Waals surface area contributed by atoms with E-state index in [0.717, 1.165) is 16.9 Å². The summed E-state index contributed by atoms with van der Waals surface area (Å²) in [4.78, 5) is 30.1. The van der Waals surface area contributed by atoms with E-state index < -0.39 is 11.9 Å². The number of nitrogens with one attached hydrogen (secondary N) is 2. The monoisotopic (exact) mass is 406 g/mol. The van der Waals surface area contributed by atoms with Gasteiger partial charge in [-0.2, -0.15) is 0 Å². The third-order valence-electron chi connectivity index (χ3n) is 3.77. The molecule has 1 unspecified atom stereocenters. The summed E-state index contributed by atoms with van der Waals surface area (Å²) in [6.45, 7) is 2.61. The molecule has 1 amide bonds. The first-order valence-corrected chi connectivity index (χ1v) is 8.57. The van der Waals surface area contributed by atoms with Crippen LogP contribution < -0.4 is 15.4 Å². The molecule has 0 heterocycles. The normalized spacial score (nSPS) is 10.9. The number of hydrogen-bond acceptors (Lipinski definition) is 5. The summed E-state index contributed by atoms with van der Waals surface area (Å²) >= 11 is 0. The Morgan fingerprint density at radius 2 is 1.55 bits per heavy atom. The number of carboxylic acids is 2. The van der Waals surface area contributed by atoms with E-state index in [0.29, 0.717) is 6.54 Å². The maximum atomic E-state index is 12.9. The van der Waals surface area contributed by atoms with E-state index in [9.17, 15) is 9.18 Å². The quantitative estimate of drug-likeness (QED) is 0.518. The molecular weight excluding hydrogens is 383 g/mol. The van der Waals surface area contributed by atoms with Crippen LogP contribution in [-0.4, -0.2) is 41.7 Å². The third kappa shape index (κ3) is 9.34. The van der Waals surface area contributed by atoms with Gasteiger partial charge in [0.2, 0.25) is 5.91 Å². The Morgan fingerprint density at radius 1 is 1.00 bits per heavy atom. The number of carbonyl (C=O) groups excluding carboxylic acids is 1. The lowest BCUT2D eigenvalue weighted by atomic mass is 10.1. The van der Waals surface area contributed by atoms with E-state index >= 15 is 0 Å². The van der Waals surface area contributed by atoms with E-state index in [1.165, 1.54) is 12.1 Å². The number of halogens is 1. The number of carboxylic acid groups (broad SMARTS) is 2. The Hall–Kier alpha value is -3.46. The number of carbonyl (C=O) groups is 3. The summed E-state index contributed by atoms with van der Waals surface area (Å²) in [7, 11) is 1.62. The van der Waals surface area contributed by atoms with Crippen LogP contribution in [0, 0.1) is 5.82 Å². The first-order valence-electron chi connectivity index (χ1n) is 8.57. The molecule has 156 valence electrons. The number of ether oxygens (including phenoxy) is 1. The van der Waals surface area contributed by atoms with Crippen molar-refractivity contribution < 1.29 is 33.7 Å². The van der Waals surface area contributed by atoms with Crippen LogP contribution in [0.15, 0.2) is 48.5 Å². The summed E-state index contributed by atoms with van der Waals surface area (Å²) < 4.78 is 18.0. The molecule has 9 heteroatoms. The first kappa shape index (κ1) is 23.6. The molecule has 0 spiro atoms. The van der Waals surface area contributed by atoms with Crippen LogP contribution in [0.5, 0.6) is 5.75 Å². The number of rotatable bonds is 7. The second-order valence-corrected chi connectivity index (χ2v) is 5.89. The van der Waals surface area contributed by atoms with Crippen LogP contribution in [0.25, 0.3) is 0 Å². The van der Waals surface area contributed by atoms with Gasteiger partial charge >= 0.3 is 11.9 Å². The molecule has 8 nitrogen and oxygen atoms in total. The topological polar surface area (TPSA) is 125 Å². The number of benzene rings is 2. The minimum absolute atomic E-state index is 0.0256. The number of aliphatic carboxylic acids is 2. The van der Waals surface area contributed by atoms with Gasteiger partial charge in [-0.25, -0.2) is 14.0 Å². The zero-order chi connectivity index (χ0) is 21.8. The van der Waals surface area contributed by atoms with Gasteiger partial charge in [-0.15, -0.1) is 0 Å². The highest BCUT2D eigenvalue weighted by molar-refractivity contribution is 6.27. The highest BCUT2D eigenvalue weighted by Crippen LogP contribution is 2.12. The molecular formula is C20H23FN2O6. The molecule has 0 aliphatic carbocycles. The largest absolute Gasteiger partial charge is 0.497 e. The zero-order valence-corrected chi connectivity index (χ0v) is 16.0. The Morgan fingerprint density at radius 3 is 2.03 bits per heavy atom. The van der Waals surface area contributed by atoms with E-state index in [1.54, 1.807) is 19.2 Å². The smallest absolute Gasteiger partial charge is 0.414 e. The molecule has 0 aliphatic rings. The Labute approximate surface area is 167 Å². The van der Waals surface area contributed by atoms with Gasteiger partial charge in [0, 0.05) is 12.6 Å². The summed E-state index contributed by atoms with van der Waals surface area (Å²) in [5.74, 6) is -3.21. The fraction of sp³-hybridized carbons (Fsp3) is 0.250. The zero-order valence-electron chi connectivity index (χ0n) is 16.0. The van der Waals surface area contributed by atoms with Crippen LogP contribution in [-0.2, 0) is 20.9 Å². The van der Waals surface area contributed by atoms with Crippen LogP contribution >= 0.6 is 0 Å². The van der Waals surface area contributed by atoms with Crippen molar-refractivity contribution in [1.82, 2.24) is 10.6 Å². The van der Waals surface area contributed by atoms with Crippen molar-refractivity contribution in [3.63, 3.8) is 0 Å². The van der Waals surface area contributed by atoms with Gasteiger partial charge < -0.3 is 25.6 Å². The highest BCUT2D eigenvalue weighted by atomic mass is 19.1. The van der Waals surface area contributed by atoms with Crippen LogP contribution in [0.1, 0.15) is 24.1 Å². The van der Waals surface area contributed by atoms with Gasteiger partial charge in [0.25, 0.3) is 0 Å². The standard InChI is InChI=1S/C18H21FN2O2.C2H2O4/c1-13(15-5-7-16(19)8-6-15)20-12-18(22)21-11-14-3-9-17(23-2)10-4-14;3-1(4)2(5)6/h3-10,13,20H,11-12H2,1-2H3,(H,21,22);(H,3,4)(H,5,6). The van der Waals surface area contributed by atoms with E-state index in [4.69, 9.17) is 24.5 Å². The molecule has 0 saturated heterocycles. The van der Waals surface area contributed by atoms with Crippen LogP contribution in [0.4, 0.5) is 4.39 Å². The second-order valence-electron chi connectivity index (χ2n) is 5.89. The van der Waals surface area contributed by atoms with Gasteiger partial charge in [-0.3, -0.25) is 4.79 Å². The molecule has 29 heavy (non-hydrogen) atoms. The Bertz CT molecular complexity index is 797. The predicted molar refractivity (Wildman–Crippen MR) is 103 cm³/mol. The lowest BCUT2D eigenvalue weighted by Gasteiger charge is -2.14. The minimum Gasteiger partial charge on any atom is -0.497 e. The molecule has 2 rings (SSSR count). The van der Waals surface area contributed by atoms with Crippen molar-refractivity contribution in [1.29, 1.82) is 0 Å². The summed E-state index contributed by atoms with van der Waals surface area (Å²) in [6.07, 6.45) is 0. The third-order valence-corrected chi connectivity index (χ3v) is 3.77. The van der Waals surface area contributed by atoms with Crippen molar-refractivity contribution in [2.45, 2.75) is 19.5 Å². The molecule has 0 saturated carbocycles. The Balaban J connectivity index is 0.000000612. The SMILES string of the molecule is COc1ccc(CNC(=O)CNC(C)c2ccc(F)cc2)cc1.O=C(O)C(=O)O. The van der Waals surface area contributed by atoms with Crippen molar-refractivity contribution >= 4 is 17.8 Å². The van der Waals surface area contributed by atoms with Gasteiger partial charge in [-0.05, 0) is 42.3 Å². The lowest BCUT2D eigenvalue weighted by molar-refractivity contribution is -0.159. The average molecular weight is 406 g/mol. The van der Waals surface area contributed by atoms with Crippen LogP contribution in [0.3, 0.4) is 0 Å². The summed E-state index contributed by atoms with van der Waals surface area (Å²) in [5, 5.41) is 20.8. The summed E-state index contributed by atoms with van der Waals surface area (Å²) in [6, 6.07) is 13.8. The maximum Gasteiger partial charge on any atom is 0.414 e. The second kappa shape index (κ2) is 12.1. The van der Waals surface area contributed by atoms with Gasteiger partial charge in [0.1, 0.15) is 11.6 Å². The Kier molecular flexibility index (Phi) is 9.83. The van der Waals surface area contributed by atoms with Crippen molar-refractivity contribution in [3.05, 3.63) is 65.5 Å². The van der Waals surface area contributed by atoms with Crippen molar-refractivity contribution in [2.24, 2.45) is 0 Å². The van der Waals surface area contributed by atoms with Gasteiger partial charge in [0.05, 0.1) is 13.7 Å². The average Bonchev–Trinajstić information content (AvgIpc) is 2.71. The molecule has 1 atom stereocenters. The molecule has 2 aromatic carbocycles. The van der Waals surface area contributed by atoms with Gasteiger partial charge in [0.15, 0.2) is 0 Å². The molecule has 2 aromatic rings. The minimum atomic E-state index is -1.82. The lowest BCUT2D eigenvalue weighted by Crippen LogP contribution is -2.34. The summed E-state index contributed by atoms with van der Waals surface area (Å²) in [5.41, 5.74) is 1.94. The van der Waals surface area contributed by atoms with Crippen molar-refractivity contribution in [2.75, 3.05) is 13.7 Å². The van der Waals surface area contributed by atoms with Crippen molar-refractivity contribution in [3.8, 4) is 5.75 Å². The molecule has 0 aromatic heterocycles. The predicted octanol–water partition coefficient (Wildman–Crippen LogP) is 1.96. The van der Waals surface area contributed by atoms with E-state index in [-0.39, 0.29) is 24.3 Å². The number of hydrogen-bond donors (Lipinski definition) is 4. The van der Waals surface area contributed by atoms with Crippen LogP contribution in [0.2, 0.25) is 0 Å². The first-order chi connectivity index (χ1) is 13.7. The fourth-order valence-electron chi connectivity index (χ4n) is 2.12. The molecule has 4 N–H and O–H groups in total. The van der Waals surface area contributed by atoms with E-state index in [1.807, 2.05) is 31.2 Å². The van der Waals surface area contributed by atoms with E-state index in [2.05, 4.69) is 10.6 Å². The maximum absolute atomic E-state index is 12.9. The molecule has 0 fully saturated rings. The molecule has 0 radical (unpaired) electrons. The highest BCUT2D eigenvalue weighted by Gasteiger charge is 2.08. The number of amides is 1. The molecule has 0 aliphatic heterocycles. The fourth-order valence-corrected chi connectivity index (χ4v) is 2.12. The number of methoxy groups -OCH3 is 1.